The van der Waals surface area contributed by atoms with E-state index in [0.717, 1.165) is 37.6 Å². The predicted octanol–water partition coefficient (Wildman–Crippen LogP) is 1.42. The number of hydrogen-bond donors (Lipinski definition) is 0. The van der Waals surface area contributed by atoms with E-state index in [1.165, 1.54) is 0 Å². The Bertz CT molecular complexity index is 418. The summed E-state index contributed by atoms with van der Waals surface area (Å²) in [6, 6.07) is 0.434. The van der Waals surface area contributed by atoms with Crippen LogP contribution in [0, 0.1) is 6.92 Å². The average molecular weight is 269 g/mol. The van der Waals surface area contributed by atoms with Crippen LogP contribution in [-0.4, -0.2) is 48.8 Å². The molecule has 1 aliphatic heterocycles. The molecule has 1 aromatic heterocycles. The maximum absolute atomic E-state index is 11.7. The van der Waals surface area contributed by atoms with Crippen molar-refractivity contribution < 1.29 is 4.21 Å². The molecule has 0 aliphatic carbocycles. The number of aromatic nitrogens is 2. The van der Waals surface area contributed by atoms with Crippen LogP contribution >= 0.6 is 0 Å². The molecule has 3 atom stereocenters. The van der Waals surface area contributed by atoms with Crippen LogP contribution in [0.1, 0.15) is 26.1 Å². The lowest BCUT2D eigenvalue weighted by atomic mass is 10.2. The van der Waals surface area contributed by atoms with Gasteiger partial charge in [-0.2, -0.15) is 0 Å². The molecule has 0 aromatic carbocycles. The largest absolute Gasteiger partial charge is 0.335 e. The number of aryl methyl sites for hydroxylation is 2. The molecular weight excluding hydrogens is 246 g/mol. The molecule has 102 valence electrons. The fourth-order valence-corrected chi connectivity index (χ4v) is 3.91. The van der Waals surface area contributed by atoms with Gasteiger partial charge in [-0.05, 0) is 27.2 Å². The normalized spacial score (nSPS) is 29.6. The highest BCUT2D eigenvalue weighted by atomic mass is 32.2. The van der Waals surface area contributed by atoms with Gasteiger partial charge >= 0.3 is 0 Å². The Hall–Kier alpha value is -0.680. The van der Waals surface area contributed by atoms with Crippen molar-refractivity contribution in [2.75, 3.05) is 18.8 Å². The van der Waals surface area contributed by atoms with E-state index in [-0.39, 0.29) is 0 Å². The summed E-state index contributed by atoms with van der Waals surface area (Å²) in [4.78, 5) is 6.70. The van der Waals surface area contributed by atoms with Crippen LogP contribution in [0.3, 0.4) is 0 Å². The van der Waals surface area contributed by atoms with Crippen molar-refractivity contribution in [1.29, 1.82) is 0 Å². The fraction of sp³-hybridized carbons (Fsp3) is 0.769. The minimum atomic E-state index is -0.631. The first-order chi connectivity index (χ1) is 8.59. The van der Waals surface area contributed by atoms with Gasteiger partial charge in [-0.15, -0.1) is 0 Å². The van der Waals surface area contributed by atoms with Crippen LogP contribution < -0.4 is 0 Å². The molecule has 0 spiro atoms. The highest BCUT2D eigenvalue weighted by molar-refractivity contribution is 7.85. The highest BCUT2D eigenvalue weighted by Crippen LogP contribution is 2.16. The molecule has 1 aliphatic rings. The lowest BCUT2D eigenvalue weighted by Crippen LogP contribution is -2.50. The summed E-state index contributed by atoms with van der Waals surface area (Å²) < 4.78 is 13.9. The molecule has 1 fully saturated rings. The second-order valence-electron chi connectivity index (χ2n) is 5.09. The maximum atomic E-state index is 11.7. The third-order valence-electron chi connectivity index (χ3n) is 4.02. The van der Waals surface area contributed by atoms with Gasteiger partial charge in [-0.1, -0.05) is 0 Å². The van der Waals surface area contributed by atoms with Crippen molar-refractivity contribution in [3.05, 3.63) is 18.2 Å². The Morgan fingerprint density at radius 3 is 2.89 bits per heavy atom. The number of rotatable bonds is 4. The van der Waals surface area contributed by atoms with E-state index in [1.54, 1.807) is 0 Å². The van der Waals surface area contributed by atoms with Crippen LogP contribution in [0.25, 0.3) is 0 Å². The number of imidazole rings is 1. The van der Waals surface area contributed by atoms with Crippen molar-refractivity contribution in [3.63, 3.8) is 0 Å². The van der Waals surface area contributed by atoms with E-state index >= 15 is 0 Å². The van der Waals surface area contributed by atoms with Gasteiger partial charge in [0.05, 0.1) is 0 Å². The van der Waals surface area contributed by atoms with Gasteiger partial charge in [0.1, 0.15) is 5.82 Å². The number of nitrogens with zero attached hydrogens (tertiary/aromatic N) is 3. The minimum Gasteiger partial charge on any atom is -0.335 e. The van der Waals surface area contributed by atoms with Crippen LogP contribution in [0.5, 0.6) is 0 Å². The monoisotopic (exact) mass is 269 g/mol. The van der Waals surface area contributed by atoms with Gasteiger partial charge < -0.3 is 4.57 Å². The lowest BCUT2D eigenvalue weighted by Gasteiger charge is -2.37. The summed E-state index contributed by atoms with van der Waals surface area (Å²) >= 11 is 0. The smallest absolute Gasteiger partial charge is 0.105 e. The SMILES string of the molecule is Cc1nccn1CCCN1CC[S@](=O)[C@H](C)[C@@H]1C. The summed E-state index contributed by atoms with van der Waals surface area (Å²) in [5.74, 6) is 1.91. The van der Waals surface area contributed by atoms with E-state index in [9.17, 15) is 4.21 Å². The first kappa shape index (κ1) is 13.7. The molecule has 18 heavy (non-hydrogen) atoms. The summed E-state index contributed by atoms with van der Waals surface area (Å²) in [5.41, 5.74) is 0. The molecule has 0 saturated carbocycles. The predicted molar refractivity (Wildman–Crippen MR) is 75.1 cm³/mol. The molecule has 2 heterocycles. The fourth-order valence-electron chi connectivity index (χ4n) is 2.51. The molecule has 0 N–H and O–H groups in total. The Morgan fingerprint density at radius 1 is 1.44 bits per heavy atom. The van der Waals surface area contributed by atoms with Crippen molar-refractivity contribution in [1.82, 2.24) is 14.5 Å². The zero-order valence-electron chi connectivity index (χ0n) is 11.5. The second-order valence-corrected chi connectivity index (χ2v) is 7.00. The van der Waals surface area contributed by atoms with E-state index in [1.807, 2.05) is 19.3 Å². The molecule has 0 radical (unpaired) electrons. The second kappa shape index (κ2) is 5.97. The van der Waals surface area contributed by atoms with Crippen LogP contribution in [0.4, 0.5) is 0 Å². The first-order valence-corrected chi connectivity index (χ1v) is 8.06. The highest BCUT2D eigenvalue weighted by Gasteiger charge is 2.29. The molecule has 5 heteroatoms. The van der Waals surface area contributed by atoms with Gasteiger partial charge in [-0.25, -0.2) is 4.98 Å². The quantitative estimate of drug-likeness (QED) is 0.830. The zero-order valence-corrected chi connectivity index (χ0v) is 12.3. The van der Waals surface area contributed by atoms with Crippen molar-refractivity contribution >= 4 is 10.8 Å². The first-order valence-electron chi connectivity index (χ1n) is 6.68. The van der Waals surface area contributed by atoms with E-state index in [0.29, 0.717) is 11.3 Å². The maximum Gasteiger partial charge on any atom is 0.105 e. The van der Waals surface area contributed by atoms with Crippen LogP contribution in [-0.2, 0) is 17.3 Å². The van der Waals surface area contributed by atoms with Crippen molar-refractivity contribution in [3.8, 4) is 0 Å². The van der Waals surface area contributed by atoms with Crippen LogP contribution in [0.15, 0.2) is 12.4 Å². The molecule has 1 aromatic rings. The standard InChI is InChI=1S/C13H23N3OS/c1-11-12(2)18(17)10-9-15(11)6-4-7-16-8-5-14-13(16)3/h5,8,11-12H,4,6-7,9-10H2,1-3H3/t11-,12+,18-/m0/s1. The molecule has 2 rings (SSSR count). The van der Waals surface area contributed by atoms with Gasteiger partial charge in [-0.3, -0.25) is 9.11 Å². The van der Waals surface area contributed by atoms with Crippen molar-refractivity contribution in [2.45, 2.75) is 45.0 Å². The minimum absolute atomic E-state index is 0.300. The summed E-state index contributed by atoms with van der Waals surface area (Å²) in [7, 11) is -0.631. The van der Waals surface area contributed by atoms with E-state index in [2.05, 4.69) is 28.3 Å². The van der Waals surface area contributed by atoms with Gasteiger partial charge in [0, 0.05) is 59.9 Å². The molecule has 0 amide bonds. The topological polar surface area (TPSA) is 38.1 Å². The Balaban J connectivity index is 1.80. The Labute approximate surface area is 112 Å². The lowest BCUT2D eigenvalue weighted by molar-refractivity contribution is 0.204. The molecular formula is C13H23N3OS. The average Bonchev–Trinajstić information content (AvgIpc) is 2.75. The summed E-state index contributed by atoms with van der Waals surface area (Å²) in [6.45, 7) is 9.42. The van der Waals surface area contributed by atoms with Gasteiger partial charge in [0.2, 0.25) is 0 Å². The third-order valence-corrected chi connectivity index (χ3v) is 5.83. The van der Waals surface area contributed by atoms with Crippen molar-refractivity contribution in [2.24, 2.45) is 0 Å². The molecule has 4 nitrogen and oxygen atoms in total. The van der Waals surface area contributed by atoms with Crippen LogP contribution in [0.2, 0.25) is 0 Å². The van der Waals surface area contributed by atoms with E-state index < -0.39 is 10.8 Å². The molecule has 1 saturated heterocycles. The van der Waals surface area contributed by atoms with Gasteiger partial charge in [0.15, 0.2) is 0 Å². The summed E-state index contributed by atoms with van der Waals surface area (Å²) in [6.07, 6.45) is 5.01. The third kappa shape index (κ3) is 3.01. The molecule has 0 unspecified atom stereocenters. The molecule has 0 bridgehead atoms. The van der Waals surface area contributed by atoms with Gasteiger partial charge in [0.25, 0.3) is 0 Å². The Kier molecular flexibility index (Phi) is 4.56. The van der Waals surface area contributed by atoms with E-state index in [4.69, 9.17) is 0 Å². The zero-order chi connectivity index (χ0) is 13.1. The number of hydrogen-bond acceptors (Lipinski definition) is 3. The summed E-state index contributed by atoms with van der Waals surface area (Å²) in [5, 5.41) is 0.300. The Morgan fingerprint density at radius 2 is 2.22 bits per heavy atom.